The molecule has 1 rings (SSSR count). The average molecular weight is 312 g/mol. The number of aryl methyl sites for hydroxylation is 1. The van der Waals surface area contributed by atoms with Crippen LogP contribution < -0.4 is 5.73 Å². The Hall–Kier alpha value is -0.340. The van der Waals surface area contributed by atoms with Crippen LogP contribution in [0.3, 0.4) is 0 Å². The molecule has 2 heteroatoms. The van der Waals surface area contributed by atoms with Crippen molar-refractivity contribution in [1.29, 1.82) is 0 Å². The smallest absolute Gasteiger partial charge is 0.0308 e. The van der Waals surface area contributed by atoms with Gasteiger partial charge in [0, 0.05) is 10.5 Å². The molecule has 18 heavy (non-hydrogen) atoms. The summed E-state index contributed by atoms with van der Waals surface area (Å²) in [5, 5.41) is 0. The van der Waals surface area contributed by atoms with Gasteiger partial charge in [-0.15, -0.1) is 0 Å². The van der Waals surface area contributed by atoms with Crippen molar-refractivity contribution in [2.45, 2.75) is 58.9 Å². The van der Waals surface area contributed by atoms with Crippen LogP contribution in [0.25, 0.3) is 0 Å². The summed E-state index contributed by atoms with van der Waals surface area (Å²) in [5.41, 5.74) is 8.88. The molecule has 2 N–H and O–H groups in total. The van der Waals surface area contributed by atoms with E-state index in [2.05, 4.69) is 54.9 Å². The number of hydrogen-bond acceptors (Lipinski definition) is 1. The third-order valence-corrected chi connectivity index (χ3v) is 4.37. The van der Waals surface area contributed by atoms with Crippen molar-refractivity contribution in [1.82, 2.24) is 0 Å². The van der Waals surface area contributed by atoms with Gasteiger partial charge in [0.2, 0.25) is 0 Å². The van der Waals surface area contributed by atoms with Gasteiger partial charge in [-0.25, -0.2) is 0 Å². The van der Waals surface area contributed by atoms with Gasteiger partial charge in [-0.3, -0.25) is 0 Å². The second-order valence-electron chi connectivity index (χ2n) is 5.28. The SMILES string of the molecule is CCCCC(CC)CC(N)c1ccc(C)cc1Br. The van der Waals surface area contributed by atoms with E-state index < -0.39 is 0 Å². The fraction of sp³-hybridized carbons (Fsp3) is 0.625. The molecule has 0 spiro atoms. The van der Waals surface area contributed by atoms with Crippen LogP contribution in [0.2, 0.25) is 0 Å². The van der Waals surface area contributed by atoms with Crippen molar-refractivity contribution in [3.05, 3.63) is 33.8 Å². The van der Waals surface area contributed by atoms with Gasteiger partial charge >= 0.3 is 0 Å². The van der Waals surface area contributed by atoms with Gasteiger partial charge in [0.1, 0.15) is 0 Å². The van der Waals surface area contributed by atoms with Gasteiger partial charge in [-0.2, -0.15) is 0 Å². The summed E-state index contributed by atoms with van der Waals surface area (Å²) in [5.74, 6) is 0.758. The van der Waals surface area contributed by atoms with Crippen LogP contribution in [0, 0.1) is 12.8 Å². The maximum absolute atomic E-state index is 6.36. The normalized spacial score (nSPS) is 14.5. The molecular weight excluding hydrogens is 286 g/mol. The van der Waals surface area contributed by atoms with Gasteiger partial charge in [0.15, 0.2) is 0 Å². The van der Waals surface area contributed by atoms with Crippen molar-refractivity contribution in [2.24, 2.45) is 11.7 Å². The van der Waals surface area contributed by atoms with E-state index in [-0.39, 0.29) is 6.04 Å². The number of nitrogens with two attached hydrogens (primary N) is 1. The van der Waals surface area contributed by atoms with E-state index in [1.165, 1.54) is 36.8 Å². The Kier molecular flexibility index (Phi) is 6.95. The van der Waals surface area contributed by atoms with Crippen LogP contribution in [0.4, 0.5) is 0 Å². The van der Waals surface area contributed by atoms with Crippen molar-refractivity contribution >= 4 is 15.9 Å². The van der Waals surface area contributed by atoms with E-state index in [4.69, 9.17) is 5.73 Å². The van der Waals surface area contributed by atoms with Crippen LogP contribution in [0.5, 0.6) is 0 Å². The van der Waals surface area contributed by atoms with E-state index in [1.54, 1.807) is 0 Å². The predicted molar refractivity (Wildman–Crippen MR) is 83.7 cm³/mol. The highest BCUT2D eigenvalue weighted by atomic mass is 79.9. The number of hydrogen-bond donors (Lipinski definition) is 1. The molecular formula is C16H26BrN. The van der Waals surface area contributed by atoms with Crippen LogP contribution in [0.15, 0.2) is 22.7 Å². The zero-order chi connectivity index (χ0) is 13.5. The highest BCUT2D eigenvalue weighted by molar-refractivity contribution is 9.10. The first-order valence-electron chi connectivity index (χ1n) is 7.10. The quantitative estimate of drug-likeness (QED) is 0.720. The molecule has 0 fully saturated rings. The van der Waals surface area contributed by atoms with Gasteiger partial charge in [0.25, 0.3) is 0 Å². The van der Waals surface area contributed by atoms with Gasteiger partial charge < -0.3 is 5.73 Å². The van der Waals surface area contributed by atoms with Crippen molar-refractivity contribution in [3.8, 4) is 0 Å². The molecule has 1 aromatic rings. The second kappa shape index (κ2) is 7.96. The highest BCUT2D eigenvalue weighted by Gasteiger charge is 2.15. The maximum Gasteiger partial charge on any atom is 0.0308 e. The van der Waals surface area contributed by atoms with Gasteiger partial charge in [-0.1, -0.05) is 67.6 Å². The third-order valence-electron chi connectivity index (χ3n) is 3.69. The summed E-state index contributed by atoms with van der Waals surface area (Å²) in [6.45, 7) is 6.64. The average Bonchev–Trinajstić information content (AvgIpc) is 2.34. The first-order chi connectivity index (χ1) is 8.58. The molecule has 0 bridgehead atoms. The molecule has 0 aliphatic carbocycles. The Balaban J connectivity index is 2.65. The van der Waals surface area contributed by atoms with Crippen LogP contribution in [-0.4, -0.2) is 0 Å². The summed E-state index contributed by atoms with van der Waals surface area (Å²) >= 11 is 3.63. The third kappa shape index (κ3) is 4.74. The fourth-order valence-corrected chi connectivity index (χ4v) is 3.19. The largest absolute Gasteiger partial charge is 0.324 e. The lowest BCUT2D eigenvalue weighted by Crippen LogP contribution is -2.16. The van der Waals surface area contributed by atoms with E-state index in [0.717, 1.165) is 16.8 Å². The summed E-state index contributed by atoms with van der Waals surface area (Å²) in [6, 6.07) is 6.62. The molecule has 0 radical (unpaired) electrons. The van der Waals surface area contributed by atoms with E-state index in [1.807, 2.05) is 0 Å². The number of unbranched alkanes of at least 4 members (excludes halogenated alkanes) is 1. The second-order valence-corrected chi connectivity index (χ2v) is 6.14. The minimum atomic E-state index is 0.154. The molecule has 1 aromatic carbocycles. The minimum Gasteiger partial charge on any atom is -0.324 e. The molecule has 0 aliphatic rings. The first-order valence-corrected chi connectivity index (χ1v) is 7.89. The van der Waals surface area contributed by atoms with E-state index in [9.17, 15) is 0 Å². The fourth-order valence-electron chi connectivity index (χ4n) is 2.40. The van der Waals surface area contributed by atoms with Crippen molar-refractivity contribution < 1.29 is 0 Å². The maximum atomic E-state index is 6.36. The Labute approximate surface area is 120 Å². The summed E-state index contributed by atoms with van der Waals surface area (Å²) in [4.78, 5) is 0. The molecule has 2 atom stereocenters. The Morgan fingerprint density at radius 2 is 2.00 bits per heavy atom. The van der Waals surface area contributed by atoms with Crippen LogP contribution >= 0.6 is 15.9 Å². The zero-order valence-electron chi connectivity index (χ0n) is 11.9. The summed E-state index contributed by atoms with van der Waals surface area (Å²) in [6.07, 6.45) is 6.24. The van der Waals surface area contributed by atoms with E-state index in [0.29, 0.717) is 0 Å². The van der Waals surface area contributed by atoms with E-state index >= 15 is 0 Å². The Morgan fingerprint density at radius 3 is 2.56 bits per heavy atom. The Morgan fingerprint density at radius 1 is 1.28 bits per heavy atom. The lowest BCUT2D eigenvalue weighted by molar-refractivity contribution is 0.388. The standard InChI is InChI=1S/C16H26BrN/c1-4-6-7-13(5-2)11-16(18)14-9-8-12(3)10-15(14)17/h8-10,13,16H,4-7,11,18H2,1-3H3. The molecule has 0 aromatic heterocycles. The summed E-state index contributed by atoms with van der Waals surface area (Å²) < 4.78 is 1.15. The number of benzene rings is 1. The molecule has 0 saturated heterocycles. The van der Waals surface area contributed by atoms with Gasteiger partial charge in [0.05, 0.1) is 0 Å². The Bertz CT molecular complexity index is 362. The number of halogens is 1. The summed E-state index contributed by atoms with van der Waals surface area (Å²) in [7, 11) is 0. The van der Waals surface area contributed by atoms with Crippen molar-refractivity contribution in [2.75, 3.05) is 0 Å². The molecule has 0 amide bonds. The first kappa shape index (κ1) is 15.7. The highest BCUT2D eigenvalue weighted by Crippen LogP contribution is 2.29. The van der Waals surface area contributed by atoms with Gasteiger partial charge in [-0.05, 0) is 36.5 Å². The molecule has 0 heterocycles. The molecule has 2 unspecified atom stereocenters. The molecule has 0 aliphatic heterocycles. The molecule has 0 saturated carbocycles. The monoisotopic (exact) mass is 311 g/mol. The van der Waals surface area contributed by atoms with Crippen LogP contribution in [-0.2, 0) is 0 Å². The predicted octanol–water partition coefficient (Wildman–Crippen LogP) is 5.36. The molecule has 1 nitrogen and oxygen atoms in total. The van der Waals surface area contributed by atoms with Crippen molar-refractivity contribution in [3.63, 3.8) is 0 Å². The zero-order valence-corrected chi connectivity index (χ0v) is 13.5. The van der Waals surface area contributed by atoms with Crippen LogP contribution in [0.1, 0.15) is 63.1 Å². The molecule has 102 valence electrons. The lowest BCUT2D eigenvalue weighted by Gasteiger charge is -2.21. The lowest BCUT2D eigenvalue weighted by atomic mass is 9.89. The number of rotatable bonds is 7. The topological polar surface area (TPSA) is 26.0 Å². The minimum absolute atomic E-state index is 0.154.